The minimum absolute atomic E-state index is 0.00896. The van der Waals surface area contributed by atoms with E-state index in [2.05, 4.69) is 25.3 Å². The molecule has 0 spiro atoms. The van der Waals surface area contributed by atoms with E-state index in [1.54, 1.807) is 42.5 Å². The highest BCUT2D eigenvalue weighted by Gasteiger charge is 2.15. The number of anilines is 3. The van der Waals surface area contributed by atoms with E-state index in [1.165, 1.54) is 24.5 Å². The lowest BCUT2D eigenvalue weighted by Gasteiger charge is -2.12. The summed E-state index contributed by atoms with van der Waals surface area (Å²) in [6, 6.07) is 14.4. The summed E-state index contributed by atoms with van der Waals surface area (Å²) in [6.45, 7) is 2.43. The van der Waals surface area contributed by atoms with E-state index in [0.29, 0.717) is 28.7 Å². The van der Waals surface area contributed by atoms with Crippen LogP contribution in [0.25, 0.3) is 0 Å². The first-order valence-corrected chi connectivity index (χ1v) is 12.0. The third kappa shape index (κ3) is 7.22. The summed E-state index contributed by atoms with van der Waals surface area (Å²) in [6.07, 6.45) is 4.67. The van der Waals surface area contributed by atoms with Crippen LogP contribution in [0.3, 0.4) is 0 Å². The fraction of sp³-hybridized carbons (Fsp3) is 0.182. The number of sulfonamides is 1. The fourth-order valence-corrected chi connectivity index (χ4v) is 3.82. The Morgan fingerprint density at radius 3 is 2.12 bits per heavy atom. The Kier molecular flexibility index (Phi) is 8.28. The summed E-state index contributed by atoms with van der Waals surface area (Å²) in [7, 11) is -3.81. The number of thiocarbonyl (C=S) groups is 1. The summed E-state index contributed by atoms with van der Waals surface area (Å²) in [4.78, 5) is 19.7. The third-order valence-electron chi connectivity index (χ3n) is 4.32. The smallest absolute Gasteiger partial charge is 0.338 e. The predicted octanol–water partition coefficient (Wildman–Crippen LogP) is 4.04. The van der Waals surface area contributed by atoms with E-state index in [4.69, 9.17) is 17.0 Å². The minimum Gasteiger partial charge on any atom is -0.462 e. The SMILES string of the molecule is CCCCOC(=O)c1ccc(NC(=S)Nc2ccc(S(=O)(=O)Nc3ncccn3)cc2)cc1. The molecule has 0 aliphatic heterocycles. The van der Waals surface area contributed by atoms with Gasteiger partial charge < -0.3 is 15.4 Å². The van der Waals surface area contributed by atoms with Crippen molar-refractivity contribution >= 4 is 50.6 Å². The lowest BCUT2D eigenvalue weighted by Crippen LogP contribution is -2.19. The van der Waals surface area contributed by atoms with E-state index in [1.807, 2.05) is 6.92 Å². The molecule has 33 heavy (non-hydrogen) atoms. The van der Waals surface area contributed by atoms with Crippen molar-refractivity contribution in [3.63, 3.8) is 0 Å². The van der Waals surface area contributed by atoms with Crippen molar-refractivity contribution in [2.24, 2.45) is 0 Å². The zero-order valence-corrected chi connectivity index (χ0v) is 19.4. The molecule has 0 fully saturated rings. The van der Waals surface area contributed by atoms with Crippen LogP contribution in [0.1, 0.15) is 30.1 Å². The van der Waals surface area contributed by atoms with Crippen molar-refractivity contribution < 1.29 is 17.9 Å². The molecular formula is C22H23N5O4S2. The number of rotatable bonds is 9. The van der Waals surface area contributed by atoms with Gasteiger partial charge in [0.2, 0.25) is 5.95 Å². The van der Waals surface area contributed by atoms with Gasteiger partial charge in [-0.3, -0.25) is 0 Å². The van der Waals surface area contributed by atoms with Gasteiger partial charge in [-0.25, -0.2) is 27.9 Å². The zero-order valence-electron chi connectivity index (χ0n) is 17.8. The van der Waals surface area contributed by atoms with Gasteiger partial charge in [0.25, 0.3) is 10.0 Å². The number of unbranched alkanes of at least 4 members (excludes halogenated alkanes) is 1. The molecule has 0 aliphatic rings. The summed E-state index contributed by atoms with van der Waals surface area (Å²) >= 11 is 5.31. The first-order valence-electron chi connectivity index (χ1n) is 10.1. The average molecular weight is 486 g/mol. The highest BCUT2D eigenvalue weighted by atomic mass is 32.2. The molecule has 0 radical (unpaired) electrons. The van der Waals surface area contributed by atoms with Crippen LogP contribution in [-0.2, 0) is 14.8 Å². The molecule has 172 valence electrons. The molecule has 9 nitrogen and oxygen atoms in total. The Balaban J connectivity index is 1.55. The lowest BCUT2D eigenvalue weighted by atomic mass is 10.2. The molecule has 0 saturated heterocycles. The van der Waals surface area contributed by atoms with Gasteiger partial charge in [0, 0.05) is 23.8 Å². The van der Waals surface area contributed by atoms with Gasteiger partial charge in [0.05, 0.1) is 17.1 Å². The number of hydrogen-bond donors (Lipinski definition) is 3. The topological polar surface area (TPSA) is 122 Å². The van der Waals surface area contributed by atoms with E-state index in [9.17, 15) is 13.2 Å². The first-order chi connectivity index (χ1) is 15.9. The lowest BCUT2D eigenvalue weighted by molar-refractivity contribution is 0.0500. The maximum atomic E-state index is 12.4. The van der Waals surface area contributed by atoms with Crippen LogP contribution in [0.5, 0.6) is 0 Å². The Labute approximate surface area is 197 Å². The van der Waals surface area contributed by atoms with Gasteiger partial charge in [0.1, 0.15) is 0 Å². The highest BCUT2D eigenvalue weighted by molar-refractivity contribution is 7.92. The van der Waals surface area contributed by atoms with E-state index in [0.717, 1.165) is 12.8 Å². The second-order valence-electron chi connectivity index (χ2n) is 6.85. The van der Waals surface area contributed by atoms with Gasteiger partial charge in [-0.2, -0.15) is 0 Å². The van der Waals surface area contributed by atoms with Crippen molar-refractivity contribution in [3.8, 4) is 0 Å². The first kappa shape index (κ1) is 24.1. The molecule has 0 aliphatic carbocycles. The fourth-order valence-electron chi connectivity index (χ4n) is 2.62. The van der Waals surface area contributed by atoms with Gasteiger partial charge in [-0.1, -0.05) is 13.3 Å². The summed E-state index contributed by atoms with van der Waals surface area (Å²) in [5, 5.41) is 6.29. The molecule has 1 aromatic heterocycles. The standard InChI is InChI=1S/C22H23N5O4S2/c1-2-3-15-31-20(28)16-5-7-17(8-6-16)25-22(32)26-18-9-11-19(12-10-18)33(29,30)27-21-23-13-4-14-24-21/h4-14H,2-3,15H2,1H3,(H,23,24,27)(H2,25,26,32). The van der Waals surface area contributed by atoms with Crippen molar-refractivity contribution in [3.05, 3.63) is 72.6 Å². The number of aromatic nitrogens is 2. The summed E-state index contributed by atoms with van der Waals surface area (Å²) < 4.78 is 32.4. The zero-order chi connectivity index (χ0) is 23.7. The Morgan fingerprint density at radius 2 is 1.55 bits per heavy atom. The van der Waals surface area contributed by atoms with Crippen LogP contribution in [0.15, 0.2) is 71.9 Å². The van der Waals surface area contributed by atoms with Crippen LogP contribution >= 0.6 is 12.2 Å². The van der Waals surface area contributed by atoms with E-state index < -0.39 is 10.0 Å². The largest absolute Gasteiger partial charge is 0.462 e. The van der Waals surface area contributed by atoms with Gasteiger partial charge in [-0.05, 0) is 73.2 Å². The minimum atomic E-state index is -3.81. The number of nitrogens with zero attached hydrogens (tertiary/aromatic N) is 2. The number of carbonyl (C=O) groups excluding carboxylic acids is 1. The molecule has 0 saturated carbocycles. The number of nitrogens with one attached hydrogen (secondary N) is 3. The number of esters is 1. The predicted molar refractivity (Wildman–Crippen MR) is 131 cm³/mol. The molecule has 2 aromatic carbocycles. The van der Waals surface area contributed by atoms with Crippen LogP contribution in [-0.4, -0.2) is 36.1 Å². The Hall–Kier alpha value is -3.57. The maximum Gasteiger partial charge on any atom is 0.338 e. The molecule has 3 aromatic rings. The van der Waals surface area contributed by atoms with E-state index >= 15 is 0 Å². The van der Waals surface area contributed by atoms with Crippen LogP contribution in [0.2, 0.25) is 0 Å². The van der Waals surface area contributed by atoms with Crippen LogP contribution < -0.4 is 15.4 Å². The van der Waals surface area contributed by atoms with E-state index in [-0.39, 0.29) is 16.8 Å². The molecule has 0 amide bonds. The van der Waals surface area contributed by atoms with Crippen molar-refractivity contribution in [1.29, 1.82) is 0 Å². The third-order valence-corrected chi connectivity index (χ3v) is 5.87. The molecule has 0 atom stereocenters. The molecule has 0 bridgehead atoms. The molecule has 3 rings (SSSR count). The molecular weight excluding hydrogens is 462 g/mol. The van der Waals surface area contributed by atoms with Crippen LogP contribution in [0.4, 0.5) is 17.3 Å². The van der Waals surface area contributed by atoms with Crippen molar-refractivity contribution in [1.82, 2.24) is 9.97 Å². The summed E-state index contributed by atoms with van der Waals surface area (Å²) in [5.41, 5.74) is 1.74. The number of benzene rings is 2. The molecule has 1 heterocycles. The molecule has 3 N–H and O–H groups in total. The Morgan fingerprint density at radius 1 is 0.970 bits per heavy atom. The monoisotopic (exact) mass is 485 g/mol. The number of hydrogen-bond acceptors (Lipinski definition) is 7. The van der Waals surface area contributed by atoms with Gasteiger partial charge in [0.15, 0.2) is 5.11 Å². The molecule has 11 heteroatoms. The maximum absolute atomic E-state index is 12.4. The normalized spacial score (nSPS) is 10.8. The van der Waals surface area contributed by atoms with Gasteiger partial charge in [-0.15, -0.1) is 0 Å². The van der Waals surface area contributed by atoms with Gasteiger partial charge >= 0.3 is 5.97 Å². The Bertz CT molecular complexity index is 1190. The number of carbonyl (C=O) groups is 1. The quantitative estimate of drug-likeness (QED) is 0.234. The van der Waals surface area contributed by atoms with Crippen LogP contribution in [0, 0.1) is 0 Å². The highest BCUT2D eigenvalue weighted by Crippen LogP contribution is 2.17. The average Bonchev–Trinajstić information content (AvgIpc) is 2.80. The summed E-state index contributed by atoms with van der Waals surface area (Å²) in [5.74, 6) is -0.371. The molecule has 0 unspecified atom stereocenters. The second-order valence-corrected chi connectivity index (χ2v) is 8.94. The second kappa shape index (κ2) is 11.3. The van der Waals surface area contributed by atoms with Crippen molar-refractivity contribution in [2.75, 3.05) is 22.0 Å². The number of ether oxygens (including phenoxy) is 1. The van der Waals surface area contributed by atoms with Crippen molar-refractivity contribution in [2.45, 2.75) is 24.7 Å².